The largest absolute Gasteiger partial charge is 0.0622 e. The zero-order chi connectivity index (χ0) is 15.8. The van der Waals surface area contributed by atoms with E-state index in [2.05, 4.69) is 92.6 Å². The molecular formula is C20H34. The van der Waals surface area contributed by atoms with Crippen molar-refractivity contribution in [2.45, 2.75) is 68.7 Å². The van der Waals surface area contributed by atoms with Gasteiger partial charge < -0.3 is 0 Å². The molecule has 20 heavy (non-hydrogen) atoms. The van der Waals surface area contributed by atoms with Crippen LogP contribution in [0.1, 0.15) is 67.9 Å². The molecule has 1 aromatic carbocycles. The van der Waals surface area contributed by atoms with Crippen molar-refractivity contribution in [3.05, 3.63) is 35.9 Å². The van der Waals surface area contributed by atoms with Gasteiger partial charge in [-0.25, -0.2) is 0 Å². The topological polar surface area (TPSA) is 0 Å². The molecule has 0 aromatic heterocycles. The predicted octanol–water partition coefficient (Wildman–Crippen LogP) is 6.35. The van der Waals surface area contributed by atoms with Crippen LogP contribution in [0.2, 0.25) is 0 Å². The fourth-order valence-corrected chi connectivity index (χ4v) is 3.11. The van der Waals surface area contributed by atoms with Crippen molar-refractivity contribution in [3.63, 3.8) is 0 Å². The summed E-state index contributed by atoms with van der Waals surface area (Å²) in [7, 11) is 0. The third-order valence-electron chi connectivity index (χ3n) is 6.62. The van der Waals surface area contributed by atoms with Crippen molar-refractivity contribution in [1.29, 1.82) is 0 Å². The van der Waals surface area contributed by atoms with Crippen LogP contribution in [0.5, 0.6) is 0 Å². The fourth-order valence-electron chi connectivity index (χ4n) is 3.11. The third-order valence-corrected chi connectivity index (χ3v) is 6.62. The fraction of sp³-hybridized carbons (Fsp3) is 0.700. The average Bonchev–Trinajstić information content (AvgIpc) is 2.27. The lowest BCUT2D eigenvalue weighted by Crippen LogP contribution is -2.51. The standard InChI is InChI=1S/C20H34/c1-17(2,3)19(6,7)20(8,9)18(4,5)15-16-13-11-10-12-14-16/h10-14H,15H2,1-9H3. The molecule has 0 bridgehead atoms. The Morgan fingerprint density at radius 1 is 0.650 bits per heavy atom. The summed E-state index contributed by atoms with van der Waals surface area (Å²) in [5.74, 6) is 0. The molecule has 0 saturated heterocycles. The number of rotatable bonds is 4. The molecule has 0 nitrogen and oxygen atoms in total. The second-order valence-electron chi connectivity index (χ2n) is 9.05. The number of benzene rings is 1. The molecule has 0 radical (unpaired) electrons. The maximum atomic E-state index is 2.45. The summed E-state index contributed by atoms with van der Waals surface area (Å²) < 4.78 is 0. The highest BCUT2D eigenvalue weighted by Gasteiger charge is 2.52. The first kappa shape index (κ1) is 17.3. The Morgan fingerprint density at radius 2 is 1.10 bits per heavy atom. The van der Waals surface area contributed by atoms with E-state index in [0.717, 1.165) is 6.42 Å². The van der Waals surface area contributed by atoms with Crippen molar-refractivity contribution in [2.75, 3.05) is 0 Å². The van der Waals surface area contributed by atoms with Gasteiger partial charge in [0.05, 0.1) is 0 Å². The van der Waals surface area contributed by atoms with Crippen LogP contribution in [0.3, 0.4) is 0 Å². The summed E-state index contributed by atoms with van der Waals surface area (Å²) in [6, 6.07) is 10.9. The lowest BCUT2D eigenvalue weighted by atomic mass is 9.47. The molecule has 0 spiro atoms. The summed E-state index contributed by atoms with van der Waals surface area (Å²) in [4.78, 5) is 0. The second kappa shape index (κ2) is 5.20. The van der Waals surface area contributed by atoms with E-state index in [0.29, 0.717) is 0 Å². The molecule has 0 aliphatic carbocycles. The highest BCUT2D eigenvalue weighted by molar-refractivity contribution is 5.18. The van der Waals surface area contributed by atoms with Crippen LogP contribution in [-0.4, -0.2) is 0 Å². The first-order valence-corrected chi connectivity index (χ1v) is 7.87. The Bertz CT molecular complexity index is 427. The van der Waals surface area contributed by atoms with Crippen LogP contribution in [0, 0.1) is 21.7 Å². The van der Waals surface area contributed by atoms with Crippen LogP contribution in [0.25, 0.3) is 0 Å². The van der Waals surface area contributed by atoms with E-state index in [9.17, 15) is 0 Å². The summed E-state index contributed by atoms with van der Waals surface area (Å²) >= 11 is 0. The molecule has 114 valence electrons. The van der Waals surface area contributed by atoms with Gasteiger partial charge in [0, 0.05) is 0 Å². The van der Waals surface area contributed by atoms with E-state index in [1.54, 1.807) is 0 Å². The monoisotopic (exact) mass is 274 g/mol. The normalized spacial score (nSPS) is 14.4. The quantitative estimate of drug-likeness (QED) is 0.599. The van der Waals surface area contributed by atoms with Crippen molar-refractivity contribution < 1.29 is 0 Å². The zero-order valence-electron chi connectivity index (χ0n) is 15.1. The van der Waals surface area contributed by atoms with E-state index >= 15 is 0 Å². The Hall–Kier alpha value is -0.780. The second-order valence-corrected chi connectivity index (χ2v) is 9.05. The van der Waals surface area contributed by atoms with Gasteiger partial charge in [0.2, 0.25) is 0 Å². The van der Waals surface area contributed by atoms with Gasteiger partial charge in [0.25, 0.3) is 0 Å². The van der Waals surface area contributed by atoms with Crippen molar-refractivity contribution in [3.8, 4) is 0 Å². The maximum Gasteiger partial charge on any atom is -0.0222 e. The third kappa shape index (κ3) is 2.95. The van der Waals surface area contributed by atoms with Gasteiger partial charge in [-0.1, -0.05) is 92.6 Å². The molecule has 0 heterocycles. The summed E-state index contributed by atoms with van der Waals surface area (Å²) in [5.41, 5.74) is 2.44. The molecular weight excluding hydrogens is 240 g/mol. The molecule has 1 aromatic rings. The minimum atomic E-state index is 0.230. The zero-order valence-corrected chi connectivity index (χ0v) is 15.1. The van der Waals surface area contributed by atoms with E-state index < -0.39 is 0 Å². The average molecular weight is 274 g/mol. The minimum Gasteiger partial charge on any atom is -0.0622 e. The molecule has 0 heteroatoms. The van der Waals surface area contributed by atoms with Gasteiger partial charge in [-0.15, -0.1) is 0 Å². The van der Waals surface area contributed by atoms with E-state index in [4.69, 9.17) is 0 Å². The minimum absolute atomic E-state index is 0.230. The number of hydrogen-bond acceptors (Lipinski definition) is 0. The Morgan fingerprint density at radius 3 is 1.50 bits per heavy atom. The molecule has 0 unspecified atom stereocenters. The van der Waals surface area contributed by atoms with E-state index in [1.807, 2.05) is 0 Å². The van der Waals surface area contributed by atoms with Gasteiger partial charge in [-0.2, -0.15) is 0 Å². The van der Waals surface area contributed by atoms with Crippen molar-refractivity contribution in [1.82, 2.24) is 0 Å². The molecule has 0 fully saturated rings. The highest BCUT2D eigenvalue weighted by atomic mass is 14.6. The Kier molecular flexibility index (Phi) is 4.49. The molecule has 0 aliphatic rings. The van der Waals surface area contributed by atoms with Crippen molar-refractivity contribution >= 4 is 0 Å². The SMILES string of the molecule is CC(C)(C)C(C)(C)C(C)(C)C(C)(C)Cc1ccccc1. The molecule has 1 rings (SSSR count). The van der Waals surface area contributed by atoms with Crippen LogP contribution in [0.4, 0.5) is 0 Å². The number of hydrogen-bond donors (Lipinski definition) is 0. The smallest absolute Gasteiger partial charge is 0.0222 e. The predicted molar refractivity (Wildman–Crippen MR) is 90.9 cm³/mol. The van der Waals surface area contributed by atoms with Crippen LogP contribution < -0.4 is 0 Å². The van der Waals surface area contributed by atoms with Crippen LogP contribution in [0.15, 0.2) is 30.3 Å². The van der Waals surface area contributed by atoms with Gasteiger partial charge >= 0.3 is 0 Å². The highest BCUT2D eigenvalue weighted by Crippen LogP contribution is 2.59. The maximum absolute atomic E-state index is 2.45. The van der Waals surface area contributed by atoms with Gasteiger partial charge in [-0.05, 0) is 33.6 Å². The van der Waals surface area contributed by atoms with Crippen molar-refractivity contribution in [2.24, 2.45) is 21.7 Å². The first-order valence-electron chi connectivity index (χ1n) is 7.87. The molecule has 0 N–H and O–H groups in total. The van der Waals surface area contributed by atoms with Crippen LogP contribution in [-0.2, 0) is 6.42 Å². The van der Waals surface area contributed by atoms with Gasteiger partial charge in [0.15, 0.2) is 0 Å². The Balaban J connectivity index is 3.12. The van der Waals surface area contributed by atoms with Gasteiger partial charge in [-0.3, -0.25) is 0 Å². The van der Waals surface area contributed by atoms with Gasteiger partial charge in [0.1, 0.15) is 0 Å². The molecule has 0 amide bonds. The summed E-state index contributed by atoms with van der Waals surface area (Å²) in [6.07, 6.45) is 1.13. The molecule has 0 saturated carbocycles. The van der Waals surface area contributed by atoms with E-state index in [1.165, 1.54) is 5.56 Å². The Labute approximate surface area is 127 Å². The lowest BCUT2D eigenvalue weighted by molar-refractivity contribution is -0.0866. The molecule has 0 aliphatic heterocycles. The molecule has 0 atom stereocenters. The summed E-state index contributed by atoms with van der Waals surface area (Å²) in [6.45, 7) is 21.7. The van der Waals surface area contributed by atoms with E-state index in [-0.39, 0.29) is 21.7 Å². The first-order chi connectivity index (χ1) is 8.83. The van der Waals surface area contributed by atoms with Crippen LogP contribution >= 0.6 is 0 Å². The lowest BCUT2D eigenvalue weighted by Gasteiger charge is -2.58. The summed E-state index contributed by atoms with van der Waals surface area (Å²) in [5, 5.41) is 0.